The summed E-state index contributed by atoms with van der Waals surface area (Å²) in [6, 6.07) is 12.9. The highest BCUT2D eigenvalue weighted by Crippen LogP contribution is 2.21. The molecule has 28 heavy (non-hydrogen) atoms. The van der Waals surface area contributed by atoms with Crippen LogP contribution in [0, 0.1) is 0 Å². The summed E-state index contributed by atoms with van der Waals surface area (Å²) in [7, 11) is -0.770. The van der Waals surface area contributed by atoms with Gasteiger partial charge in [-0.15, -0.1) is 0 Å². The average Bonchev–Trinajstić information content (AvgIpc) is 3.21. The van der Waals surface area contributed by atoms with Crippen LogP contribution in [0.1, 0.15) is 16.2 Å². The second kappa shape index (κ2) is 8.19. The summed E-state index contributed by atoms with van der Waals surface area (Å²) in [6.45, 7) is -0.00118. The first-order chi connectivity index (χ1) is 13.4. The number of rotatable bonds is 7. The molecule has 1 aromatic heterocycles. The predicted octanol–water partition coefficient (Wildman–Crippen LogP) is 1.58. The van der Waals surface area contributed by atoms with Crippen molar-refractivity contribution in [1.82, 2.24) is 20.2 Å². The summed E-state index contributed by atoms with van der Waals surface area (Å²) in [4.78, 5) is 16.6. The molecule has 1 amide bonds. The lowest BCUT2D eigenvalue weighted by Crippen LogP contribution is -2.24. The molecule has 0 aliphatic carbocycles. The molecular formula is C18H18N4O5S. The Morgan fingerprint density at radius 1 is 1.18 bits per heavy atom. The maximum atomic E-state index is 12.3. The lowest BCUT2D eigenvalue weighted by atomic mass is 10.2. The molecule has 0 saturated carbocycles. The maximum absolute atomic E-state index is 12.3. The summed E-state index contributed by atoms with van der Waals surface area (Å²) in [5, 5.41) is 6.51. The molecule has 0 bridgehead atoms. The third-order valence-electron chi connectivity index (χ3n) is 3.87. The molecule has 146 valence electrons. The number of ether oxygens (including phenoxy) is 1. The number of hydrogen-bond donors (Lipinski definition) is 2. The van der Waals surface area contributed by atoms with Crippen LogP contribution in [0.2, 0.25) is 0 Å². The molecule has 0 radical (unpaired) electrons. The Morgan fingerprint density at radius 2 is 1.96 bits per heavy atom. The van der Waals surface area contributed by atoms with E-state index in [-0.39, 0.29) is 22.9 Å². The van der Waals surface area contributed by atoms with Crippen molar-refractivity contribution in [3.63, 3.8) is 0 Å². The zero-order valence-corrected chi connectivity index (χ0v) is 16.0. The van der Waals surface area contributed by atoms with E-state index in [4.69, 9.17) is 9.26 Å². The predicted molar refractivity (Wildman–Crippen MR) is 100 cm³/mol. The Balaban J connectivity index is 1.69. The first kappa shape index (κ1) is 19.5. The number of nitrogens with zero attached hydrogens (tertiary/aromatic N) is 2. The Labute approximate surface area is 161 Å². The summed E-state index contributed by atoms with van der Waals surface area (Å²) in [5.74, 6) is 0.776. The Bertz CT molecular complexity index is 1090. The molecule has 0 spiro atoms. The van der Waals surface area contributed by atoms with Crippen LogP contribution in [0.3, 0.4) is 0 Å². The molecule has 2 aromatic carbocycles. The maximum Gasteiger partial charge on any atom is 0.251 e. The number of amides is 1. The van der Waals surface area contributed by atoms with Crippen molar-refractivity contribution in [3.05, 3.63) is 60.0 Å². The van der Waals surface area contributed by atoms with Crippen LogP contribution < -0.4 is 14.8 Å². The third-order valence-corrected chi connectivity index (χ3v) is 5.28. The number of benzene rings is 2. The van der Waals surface area contributed by atoms with E-state index in [9.17, 15) is 13.2 Å². The fourth-order valence-electron chi connectivity index (χ4n) is 2.39. The first-order valence-electron chi connectivity index (χ1n) is 8.22. The number of carbonyl (C=O) groups is 1. The Morgan fingerprint density at radius 3 is 2.71 bits per heavy atom. The fourth-order valence-corrected chi connectivity index (χ4v) is 3.16. The summed E-state index contributed by atoms with van der Waals surface area (Å²) in [6.07, 6.45) is 0. The zero-order valence-electron chi connectivity index (χ0n) is 15.2. The molecule has 3 aromatic rings. The van der Waals surface area contributed by atoms with E-state index in [0.717, 1.165) is 0 Å². The molecule has 1 heterocycles. The van der Waals surface area contributed by atoms with Gasteiger partial charge in [-0.05, 0) is 37.4 Å². The van der Waals surface area contributed by atoms with Gasteiger partial charge in [0.2, 0.25) is 21.7 Å². The van der Waals surface area contributed by atoms with Crippen LogP contribution >= 0.6 is 0 Å². The van der Waals surface area contributed by atoms with E-state index in [1.165, 1.54) is 31.3 Å². The third kappa shape index (κ3) is 4.35. The highest BCUT2D eigenvalue weighted by molar-refractivity contribution is 7.89. The fraction of sp³-hybridized carbons (Fsp3) is 0.167. The molecule has 0 saturated heterocycles. The quantitative estimate of drug-likeness (QED) is 0.615. The van der Waals surface area contributed by atoms with Crippen molar-refractivity contribution in [3.8, 4) is 17.1 Å². The molecule has 0 aliphatic heterocycles. The van der Waals surface area contributed by atoms with Crippen molar-refractivity contribution >= 4 is 15.9 Å². The standard InChI is InChI=1S/C18H18N4O5S/c1-19-28(24,25)15-8-4-6-13(10-15)18(23)20-11-16-21-17(22-27-16)12-5-3-7-14(9-12)26-2/h3-10,19H,11H2,1-2H3,(H,20,23). The topological polar surface area (TPSA) is 123 Å². The largest absolute Gasteiger partial charge is 0.497 e. The highest BCUT2D eigenvalue weighted by atomic mass is 32.2. The minimum Gasteiger partial charge on any atom is -0.497 e. The molecule has 0 fully saturated rings. The van der Waals surface area contributed by atoms with Gasteiger partial charge >= 0.3 is 0 Å². The normalized spacial score (nSPS) is 11.2. The van der Waals surface area contributed by atoms with Crippen LogP contribution in [0.5, 0.6) is 5.75 Å². The van der Waals surface area contributed by atoms with Crippen LogP contribution in [-0.2, 0) is 16.6 Å². The van der Waals surface area contributed by atoms with Gasteiger partial charge in [-0.25, -0.2) is 13.1 Å². The summed E-state index contributed by atoms with van der Waals surface area (Å²) >= 11 is 0. The lowest BCUT2D eigenvalue weighted by molar-refractivity contribution is 0.0946. The second-order valence-corrected chi connectivity index (χ2v) is 7.55. The minimum absolute atomic E-state index is 0.000696. The van der Waals surface area contributed by atoms with Crippen LogP contribution in [-0.4, -0.2) is 38.6 Å². The smallest absolute Gasteiger partial charge is 0.251 e. The molecule has 10 heteroatoms. The van der Waals surface area contributed by atoms with Gasteiger partial charge in [-0.2, -0.15) is 4.98 Å². The van der Waals surface area contributed by atoms with Crippen LogP contribution in [0.15, 0.2) is 57.9 Å². The molecule has 2 N–H and O–H groups in total. The van der Waals surface area contributed by atoms with Crippen molar-refractivity contribution in [1.29, 1.82) is 0 Å². The number of carbonyl (C=O) groups excluding carboxylic acids is 1. The summed E-state index contributed by atoms with van der Waals surface area (Å²) < 4.78 is 36.2. The first-order valence-corrected chi connectivity index (χ1v) is 9.70. The van der Waals surface area contributed by atoms with Crippen LogP contribution in [0.4, 0.5) is 0 Å². The average molecular weight is 402 g/mol. The van der Waals surface area contributed by atoms with Gasteiger partial charge < -0.3 is 14.6 Å². The molecule has 9 nitrogen and oxygen atoms in total. The van der Waals surface area contributed by atoms with Crippen molar-refractivity contribution in [2.45, 2.75) is 11.4 Å². The van der Waals surface area contributed by atoms with Gasteiger partial charge in [-0.3, -0.25) is 4.79 Å². The molecular weight excluding hydrogens is 384 g/mol. The number of sulfonamides is 1. The van der Waals surface area contributed by atoms with Gasteiger partial charge in [0.25, 0.3) is 5.91 Å². The van der Waals surface area contributed by atoms with Crippen molar-refractivity contribution in [2.75, 3.05) is 14.2 Å². The Hall–Kier alpha value is -3.24. The number of aromatic nitrogens is 2. The second-order valence-electron chi connectivity index (χ2n) is 5.66. The number of hydrogen-bond acceptors (Lipinski definition) is 7. The van der Waals surface area contributed by atoms with Gasteiger partial charge in [0.05, 0.1) is 18.6 Å². The number of methoxy groups -OCH3 is 1. The van der Waals surface area contributed by atoms with Gasteiger partial charge in [0.1, 0.15) is 5.75 Å². The van der Waals surface area contributed by atoms with Crippen LogP contribution in [0.25, 0.3) is 11.4 Å². The van der Waals surface area contributed by atoms with E-state index < -0.39 is 15.9 Å². The van der Waals surface area contributed by atoms with E-state index in [1.54, 1.807) is 25.3 Å². The molecule has 0 atom stereocenters. The SMILES string of the molecule is CNS(=O)(=O)c1cccc(C(=O)NCc2nc(-c3cccc(OC)c3)no2)c1. The molecule has 0 aliphatic rings. The number of nitrogens with one attached hydrogen (secondary N) is 2. The van der Waals surface area contributed by atoms with Crippen molar-refractivity contribution < 1.29 is 22.5 Å². The highest BCUT2D eigenvalue weighted by Gasteiger charge is 2.15. The van der Waals surface area contributed by atoms with Crippen molar-refractivity contribution in [2.24, 2.45) is 0 Å². The van der Waals surface area contributed by atoms with Gasteiger partial charge in [0.15, 0.2) is 0 Å². The monoisotopic (exact) mass is 402 g/mol. The van der Waals surface area contributed by atoms with E-state index in [0.29, 0.717) is 17.1 Å². The summed E-state index contributed by atoms with van der Waals surface area (Å²) in [5.41, 5.74) is 0.912. The van der Waals surface area contributed by atoms with E-state index >= 15 is 0 Å². The van der Waals surface area contributed by atoms with E-state index in [1.807, 2.05) is 6.07 Å². The Kier molecular flexibility index (Phi) is 5.71. The minimum atomic E-state index is -3.64. The van der Waals surface area contributed by atoms with Gasteiger partial charge in [0, 0.05) is 11.1 Å². The molecule has 0 unspecified atom stereocenters. The lowest BCUT2D eigenvalue weighted by Gasteiger charge is -2.06. The zero-order chi connectivity index (χ0) is 20.1. The van der Waals surface area contributed by atoms with E-state index in [2.05, 4.69) is 20.2 Å². The van der Waals surface area contributed by atoms with Gasteiger partial charge in [-0.1, -0.05) is 23.4 Å². The molecule has 3 rings (SSSR count).